The average molecular weight is 314 g/mol. The first kappa shape index (κ1) is 16.4. The molecule has 3 nitrogen and oxygen atoms in total. The van der Waals surface area contributed by atoms with Crippen LogP contribution in [0.1, 0.15) is 53.9 Å². The smallest absolute Gasteiger partial charge is 0.169 e. The maximum atomic E-state index is 13.0. The van der Waals surface area contributed by atoms with Crippen LogP contribution >= 0.6 is 0 Å². The van der Waals surface area contributed by atoms with E-state index < -0.39 is 5.41 Å². The highest BCUT2D eigenvalue weighted by Gasteiger charge is 2.62. The molecule has 0 aliphatic heterocycles. The highest BCUT2D eigenvalue weighted by atomic mass is 16.2. The van der Waals surface area contributed by atoms with Gasteiger partial charge in [0.15, 0.2) is 11.6 Å². The molecule has 3 aliphatic rings. The Labute approximate surface area is 138 Å². The summed E-state index contributed by atoms with van der Waals surface area (Å²) in [5, 5.41) is 0. The van der Waals surface area contributed by atoms with Gasteiger partial charge >= 0.3 is 0 Å². The average Bonchev–Trinajstić information content (AvgIpc) is 2.66. The van der Waals surface area contributed by atoms with Crippen LogP contribution in [0.4, 0.5) is 0 Å². The highest BCUT2D eigenvalue weighted by molar-refractivity contribution is 6.15. The van der Waals surface area contributed by atoms with Gasteiger partial charge in [0, 0.05) is 18.8 Å². The molecule has 1 fully saturated rings. The zero-order chi connectivity index (χ0) is 17.2. The fraction of sp³-hybridized carbons (Fsp3) is 0.650. The molecule has 0 amide bonds. The summed E-state index contributed by atoms with van der Waals surface area (Å²) in [6, 6.07) is 0. The zero-order valence-electron chi connectivity index (χ0n) is 14.7. The van der Waals surface area contributed by atoms with E-state index in [2.05, 4.69) is 20.8 Å². The van der Waals surface area contributed by atoms with E-state index in [0.29, 0.717) is 12.8 Å². The van der Waals surface area contributed by atoms with E-state index in [1.165, 1.54) is 0 Å². The van der Waals surface area contributed by atoms with Gasteiger partial charge in [0.05, 0.1) is 5.41 Å². The van der Waals surface area contributed by atoms with Gasteiger partial charge in [0.2, 0.25) is 0 Å². The van der Waals surface area contributed by atoms with Gasteiger partial charge in [-0.05, 0) is 49.2 Å². The SMILES string of the molecule is CC1=CCC2C3C(C(C)C)=CC(=O)C3(C)C(=O)CC2(C)CC1=O. The predicted octanol–water partition coefficient (Wildman–Crippen LogP) is 3.68. The van der Waals surface area contributed by atoms with Gasteiger partial charge in [-0.1, -0.05) is 32.4 Å². The highest BCUT2D eigenvalue weighted by Crippen LogP contribution is 2.60. The van der Waals surface area contributed by atoms with Crippen LogP contribution in [0, 0.1) is 28.6 Å². The minimum atomic E-state index is -0.918. The Morgan fingerprint density at radius 2 is 1.78 bits per heavy atom. The summed E-state index contributed by atoms with van der Waals surface area (Å²) in [6.45, 7) is 9.94. The van der Waals surface area contributed by atoms with Gasteiger partial charge < -0.3 is 0 Å². The van der Waals surface area contributed by atoms with E-state index in [1.807, 2.05) is 19.9 Å². The molecular formula is C20H26O3. The quantitative estimate of drug-likeness (QED) is 0.694. The van der Waals surface area contributed by atoms with Crippen molar-refractivity contribution in [3.8, 4) is 0 Å². The number of carbonyl (C=O) groups excluding carboxylic acids is 3. The van der Waals surface area contributed by atoms with Crippen molar-refractivity contribution < 1.29 is 14.4 Å². The Bertz CT molecular complexity index is 666. The third kappa shape index (κ3) is 2.12. The van der Waals surface area contributed by atoms with Crippen LogP contribution in [0.15, 0.2) is 23.3 Å². The van der Waals surface area contributed by atoms with Crippen LogP contribution in [-0.2, 0) is 14.4 Å². The maximum absolute atomic E-state index is 13.0. The minimum Gasteiger partial charge on any atom is -0.299 e. The summed E-state index contributed by atoms with van der Waals surface area (Å²) in [5.41, 5.74) is 0.640. The molecule has 23 heavy (non-hydrogen) atoms. The summed E-state index contributed by atoms with van der Waals surface area (Å²) < 4.78 is 0. The first-order valence-corrected chi connectivity index (χ1v) is 8.60. The summed E-state index contributed by atoms with van der Waals surface area (Å²) in [5.74, 6) is 0.485. The molecule has 0 aromatic carbocycles. The van der Waals surface area contributed by atoms with E-state index in [9.17, 15) is 14.4 Å². The molecule has 4 atom stereocenters. The van der Waals surface area contributed by atoms with E-state index in [4.69, 9.17) is 0 Å². The van der Waals surface area contributed by atoms with Crippen LogP contribution in [-0.4, -0.2) is 17.3 Å². The van der Waals surface area contributed by atoms with E-state index in [-0.39, 0.29) is 40.5 Å². The molecule has 0 spiro atoms. The number of hydrogen-bond donors (Lipinski definition) is 0. The molecule has 0 radical (unpaired) electrons. The number of allylic oxidation sites excluding steroid dienone is 4. The second-order valence-corrected chi connectivity index (χ2v) is 8.43. The first-order valence-electron chi connectivity index (χ1n) is 8.60. The molecular weight excluding hydrogens is 288 g/mol. The van der Waals surface area contributed by atoms with Crippen molar-refractivity contribution >= 4 is 17.3 Å². The van der Waals surface area contributed by atoms with Crippen LogP contribution in [0.25, 0.3) is 0 Å². The monoisotopic (exact) mass is 314 g/mol. The summed E-state index contributed by atoms with van der Waals surface area (Å²) in [6.07, 6.45) is 5.27. The Balaban J connectivity index is 2.15. The zero-order valence-corrected chi connectivity index (χ0v) is 14.7. The van der Waals surface area contributed by atoms with Gasteiger partial charge in [0.25, 0.3) is 0 Å². The largest absolute Gasteiger partial charge is 0.299 e. The second-order valence-electron chi connectivity index (χ2n) is 8.43. The summed E-state index contributed by atoms with van der Waals surface area (Å²) in [7, 11) is 0. The van der Waals surface area contributed by atoms with Crippen molar-refractivity contribution in [2.45, 2.75) is 53.9 Å². The lowest BCUT2D eigenvalue weighted by Crippen LogP contribution is -2.54. The molecule has 3 aliphatic carbocycles. The van der Waals surface area contributed by atoms with Gasteiger partial charge in [-0.15, -0.1) is 0 Å². The van der Waals surface area contributed by atoms with Crippen LogP contribution in [0.3, 0.4) is 0 Å². The van der Waals surface area contributed by atoms with Crippen molar-refractivity contribution in [3.05, 3.63) is 23.3 Å². The van der Waals surface area contributed by atoms with Crippen LogP contribution in [0.5, 0.6) is 0 Å². The van der Waals surface area contributed by atoms with Gasteiger partial charge in [0.1, 0.15) is 5.78 Å². The molecule has 124 valence electrons. The molecule has 3 rings (SSSR count). The number of ketones is 3. The molecule has 0 bridgehead atoms. The second kappa shape index (κ2) is 4.99. The normalized spacial score (nSPS) is 40.5. The fourth-order valence-corrected chi connectivity index (χ4v) is 4.97. The van der Waals surface area contributed by atoms with Crippen molar-refractivity contribution in [2.75, 3.05) is 0 Å². The van der Waals surface area contributed by atoms with Gasteiger partial charge in [-0.3, -0.25) is 14.4 Å². The molecule has 4 unspecified atom stereocenters. The number of rotatable bonds is 1. The van der Waals surface area contributed by atoms with Crippen molar-refractivity contribution in [1.82, 2.24) is 0 Å². The van der Waals surface area contributed by atoms with Gasteiger partial charge in [-0.25, -0.2) is 0 Å². The molecule has 0 aromatic heterocycles. The molecule has 0 heterocycles. The summed E-state index contributed by atoms with van der Waals surface area (Å²) >= 11 is 0. The third-order valence-electron chi connectivity index (χ3n) is 6.58. The summed E-state index contributed by atoms with van der Waals surface area (Å²) in [4.78, 5) is 38.0. The van der Waals surface area contributed by atoms with Gasteiger partial charge in [-0.2, -0.15) is 0 Å². The molecule has 3 heteroatoms. The van der Waals surface area contributed by atoms with Crippen molar-refractivity contribution in [3.63, 3.8) is 0 Å². The maximum Gasteiger partial charge on any atom is 0.169 e. The number of Topliss-reactive ketones (excluding diaryl/α,β-unsaturated/α-hetero) is 2. The topological polar surface area (TPSA) is 51.2 Å². The Morgan fingerprint density at radius 1 is 1.13 bits per heavy atom. The molecule has 0 aromatic rings. The fourth-order valence-electron chi connectivity index (χ4n) is 4.97. The van der Waals surface area contributed by atoms with E-state index >= 15 is 0 Å². The lowest BCUT2D eigenvalue weighted by atomic mass is 9.50. The van der Waals surface area contributed by atoms with Crippen molar-refractivity contribution in [1.29, 1.82) is 0 Å². The van der Waals surface area contributed by atoms with Crippen LogP contribution < -0.4 is 0 Å². The first-order chi connectivity index (χ1) is 10.6. The number of carbonyl (C=O) groups is 3. The van der Waals surface area contributed by atoms with Crippen LogP contribution in [0.2, 0.25) is 0 Å². The Kier molecular flexibility index (Phi) is 3.55. The predicted molar refractivity (Wildman–Crippen MR) is 88.7 cm³/mol. The lowest BCUT2D eigenvalue weighted by Gasteiger charge is -2.51. The number of fused-ring (bicyclic) bond motifs is 3. The third-order valence-corrected chi connectivity index (χ3v) is 6.58. The standard InChI is InChI=1S/C20H26O3/c1-11(2)13-8-16(22)20(5)17(23)10-19(4)9-15(21)12(3)6-7-14(19)18(13)20/h6,8,11,14,18H,7,9-10H2,1-5H3. The minimum absolute atomic E-state index is 0.0190. The Hall–Kier alpha value is -1.51. The van der Waals surface area contributed by atoms with E-state index in [0.717, 1.165) is 17.6 Å². The molecule has 0 N–H and O–H groups in total. The molecule has 0 saturated heterocycles. The lowest BCUT2D eigenvalue weighted by molar-refractivity contribution is -0.150. The van der Waals surface area contributed by atoms with E-state index in [1.54, 1.807) is 6.08 Å². The Morgan fingerprint density at radius 3 is 2.39 bits per heavy atom. The number of hydrogen-bond acceptors (Lipinski definition) is 3. The molecule has 1 saturated carbocycles. The van der Waals surface area contributed by atoms with Crippen molar-refractivity contribution in [2.24, 2.45) is 28.6 Å².